The molecule has 0 aliphatic heterocycles. The van der Waals surface area contributed by atoms with E-state index in [1.165, 1.54) is 18.3 Å². The van der Waals surface area contributed by atoms with E-state index in [0.29, 0.717) is 32.8 Å². The van der Waals surface area contributed by atoms with E-state index < -0.39 is 10.0 Å². The van der Waals surface area contributed by atoms with E-state index >= 15 is 0 Å². The Kier molecular flexibility index (Phi) is 8.01. The largest absolute Gasteiger partial charge is 0.382 e. The van der Waals surface area contributed by atoms with E-state index in [9.17, 15) is 8.42 Å². The Hall–Kier alpha value is -0.730. The molecule has 0 radical (unpaired) electrons. The van der Waals surface area contributed by atoms with Crippen molar-refractivity contribution in [3.05, 3.63) is 23.5 Å². The zero-order valence-electron chi connectivity index (χ0n) is 11.3. The first-order chi connectivity index (χ1) is 9.56. The summed E-state index contributed by atoms with van der Waals surface area (Å²) >= 11 is 5.67. The Morgan fingerprint density at radius 3 is 2.80 bits per heavy atom. The topological polar surface area (TPSA) is 77.5 Å². The molecule has 0 fully saturated rings. The van der Waals surface area contributed by atoms with Crippen LogP contribution >= 0.6 is 11.6 Å². The number of hydrogen-bond donors (Lipinski definition) is 1. The first-order valence-electron chi connectivity index (χ1n) is 6.24. The van der Waals surface area contributed by atoms with Crippen LogP contribution in [-0.4, -0.2) is 46.9 Å². The van der Waals surface area contributed by atoms with E-state index in [1.54, 1.807) is 7.11 Å². The number of pyridine rings is 1. The number of halogens is 1. The number of unbranched alkanes of at least 4 members (excludes halogenated alkanes) is 1. The molecule has 0 aliphatic carbocycles. The maximum absolute atomic E-state index is 11.9. The van der Waals surface area contributed by atoms with Crippen molar-refractivity contribution < 1.29 is 17.9 Å². The summed E-state index contributed by atoms with van der Waals surface area (Å²) in [6.45, 7) is 2.06. The van der Waals surface area contributed by atoms with Crippen molar-refractivity contribution in [1.29, 1.82) is 0 Å². The molecule has 0 saturated heterocycles. The highest BCUT2D eigenvalue weighted by atomic mass is 35.5. The summed E-state index contributed by atoms with van der Waals surface area (Å²) in [5, 5.41) is 0.152. The average Bonchev–Trinajstić information content (AvgIpc) is 2.42. The van der Waals surface area contributed by atoms with Crippen molar-refractivity contribution in [3.8, 4) is 0 Å². The fraction of sp³-hybridized carbons (Fsp3) is 0.583. The minimum absolute atomic E-state index is 0.119. The monoisotopic (exact) mass is 322 g/mol. The number of methoxy groups -OCH3 is 1. The van der Waals surface area contributed by atoms with Crippen molar-refractivity contribution in [1.82, 2.24) is 9.71 Å². The van der Waals surface area contributed by atoms with Gasteiger partial charge in [0, 0.05) is 26.5 Å². The quantitative estimate of drug-likeness (QED) is 0.521. The van der Waals surface area contributed by atoms with Gasteiger partial charge in [0.15, 0.2) is 0 Å². The second-order valence-corrected chi connectivity index (χ2v) is 6.18. The lowest BCUT2D eigenvalue weighted by Crippen LogP contribution is -2.25. The molecular formula is C12H19ClN2O4S. The van der Waals surface area contributed by atoms with Gasteiger partial charge in [-0.25, -0.2) is 18.1 Å². The van der Waals surface area contributed by atoms with Gasteiger partial charge in [-0.15, -0.1) is 0 Å². The summed E-state index contributed by atoms with van der Waals surface area (Å²) in [6, 6.07) is 2.72. The first kappa shape index (κ1) is 17.3. The number of aromatic nitrogens is 1. The Labute approximate surface area is 124 Å². The predicted molar refractivity (Wildman–Crippen MR) is 76.4 cm³/mol. The molecule has 20 heavy (non-hydrogen) atoms. The van der Waals surface area contributed by atoms with Gasteiger partial charge in [-0.2, -0.15) is 0 Å². The van der Waals surface area contributed by atoms with Crippen LogP contribution in [0.5, 0.6) is 0 Å². The van der Waals surface area contributed by atoms with Crippen LogP contribution in [0, 0.1) is 0 Å². The van der Waals surface area contributed by atoms with Crippen molar-refractivity contribution in [3.63, 3.8) is 0 Å². The molecule has 0 aromatic carbocycles. The smallest absolute Gasteiger partial charge is 0.240 e. The normalized spacial score (nSPS) is 11.7. The molecule has 114 valence electrons. The highest BCUT2D eigenvalue weighted by molar-refractivity contribution is 7.89. The second-order valence-electron chi connectivity index (χ2n) is 4.02. The first-order valence-corrected chi connectivity index (χ1v) is 8.10. The van der Waals surface area contributed by atoms with Gasteiger partial charge >= 0.3 is 0 Å². The van der Waals surface area contributed by atoms with Gasteiger partial charge in [0.2, 0.25) is 10.0 Å². The molecule has 1 N–H and O–H groups in total. The van der Waals surface area contributed by atoms with Gasteiger partial charge in [0.05, 0.1) is 18.1 Å². The van der Waals surface area contributed by atoms with Gasteiger partial charge in [-0.3, -0.25) is 0 Å². The third-order valence-corrected chi connectivity index (χ3v) is 4.11. The number of nitrogens with zero attached hydrogens (tertiary/aromatic N) is 1. The van der Waals surface area contributed by atoms with Crippen molar-refractivity contribution in [2.24, 2.45) is 0 Å². The highest BCUT2D eigenvalue weighted by Gasteiger charge is 2.13. The van der Waals surface area contributed by atoms with Gasteiger partial charge in [0.25, 0.3) is 0 Å². The standard InChI is InChI=1S/C12H19ClN2O4S/c1-18-8-9-19-7-3-2-5-15-20(16,17)11-4-6-14-12(13)10-11/h4,6,10,15H,2-3,5,7-9H2,1H3. The summed E-state index contributed by atoms with van der Waals surface area (Å²) in [5.41, 5.74) is 0. The minimum Gasteiger partial charge on any atom is -0.382 e. The van der Waals surface area contributed by atoms with Crippen LogP contribution in [0.1, 0.15) is 12.8 Å². The number of hydrogen-bond acceptors (Lipinski definition) is 5. The maximum Gasteiger partial charge on any atom is 0.240 e. The molecule has 1 aromatic rings. The van der Waals surface area contributed by atoms with Crippen LogP contribution in [0.4, 0.5) is 0 Å². The van der Waals surface area contributed by atoms with E-state index in [-0.39, 0.29) is 10.0 Å². The molecule has 1 rings (SSSR count). The van der Waals surface area contributed by atoms with Gasteiger partial charge in [-0.1, -0.05) is 11.6 Å². The van der Waals surface area contributed by atoms with Crippen LogP contribution in [-0.2, 0) is 19.5 Å². The van der Waals surface area contributed by atoms with Gasteiger partial charge in [0.1, 0.15) is 5.15 Å². The fourth-order valence-corrected chi connectivity index (χ4v) is 2.74. The van der Waals surface area contributed by atoms with E-state index in [1.807, 2.05) is 0 Å². The van der Waals surface area contributed by atoms with Crippen LogP contribution in [0.15, 0.2) is 23.2 Å². The Morgan fingerprint density at radius 1 is 1.30 bits per heavy atom. The third-order valence-electron chi connectivity index (χ3n) is 2.45. The molecule has 0 saturated carbocycles. The summed E-state index contributed by atoms with van der Waals surface area (Å²) in [7, 11) is -1.90. The lowest BCUT2D eigenvalue weighted by Gasteiger charge is -2.07. The zero-order chi connectivity index (χ0) is 14.8. The molecule has 8 heteroatoms. The van der Waals surface area contributed by atoms with Crippen LogP contribution in [0.25, 0.3) is 0 Å². The summed E-state index contributed by atoms with van der Waals surface area (Å²) < 4.78 is 36.5. The molecule has 0 atom stereocenters. The number of rotatable bonds is 10. The average molecular weight is 323 g/mol. The summed E-state index contributed by atoms with van der Waals surface area (Å²) in [6.07, 6.45) is 2.84. The van der Waals surface area contributed by atoms with E-state index in [0.717, 1.165) is 6.42 Å². The second kappa shape index (κ2) is 9.25. The van der Waals surface area contributed by atoms with Crippen molar-refractivity contribution in [2.45, 2.75) is 17.7 Å². The lowest BCUT2D eigenvalue weighted by molar-refractivity contribution is 0.0689. The van der Waals surface area contributed by atoms with Crippen LogP contribution in [0.3, 0.4) is 0 Å². The summed E-state index contributed by atoms with van der Waals surface area (Å²) in [4.78, 5) is 3.86. The van der Waals surface area contributed by atoms with Crippen molar-refractivity contribution in [2.75, 3.05) is 33.5 Å². The molecule has 0 unspecified atom stereocenters. The SMILES string of the molecule is COCCOCCCCNS(=O)(=O)c1ccnc(Cl)c1. The molecule has 0 spiro atoms. The Morgan fingerprint density at radius 2 is 2.10 bits per heavy atom. The zero-order valence-corrected chi connectivity index (χ0v) is 12.9. The number of nitrogens with one attached hydrogen (secondary N) is 1. The van der Waals surface area contributed by atoms with Crippen LogP contribution < -0.4 is 4.72 Å². The maximum atomic E-state index is 11.9. The van der Waals surface area contributed by atoms with Crippen LogP contribution in [0.2, 0.25) is 5.15 Å². The summed E-state index contributed by atoms with van der Waals surface area (Å²) in [5.74, 6) is 0. The predicted octanol–water partition coefficient (Wildman–Crippen LogP) is 1.46. The molecular weight excluding hydrogens is 304 g/mol. The number of sulfonamides is 1. The van der Waals surface area contributed by atoms with E-state index in [4.69, 9.17) is 21.1 Å². The molecule has 1 aromatic heterocycles. The van der Waals surface area contributed by atoms with E-state index in [2.05, 4.69) is 9.71 Å². The lowest BCUT2D eigenvalue weighted by atomic mass is 10.3. The van der Waals surface area contributed by atoms with Gasteiger partial charge in [-0.05, 0) is 25.0 Å². The Bertz CT molecular complexity index is 496. The molecule has 0 aliphatic rings. The highest BCUT2D eigenvalue weighted by Crippen LogP contribution is 2.12. The molecule has 6 nitrogen and oxygen atoms in total. The van der Waals surface area contributed by atoms with Gasteiger partial charge < -0.3 is 9.47 Å². The minimum atomic E-state index is -3.52. The molecule has 0 amide bonds. The number of ether oxygens (including phenoxy) is 2. The molecule has 1 heterocycles. The Balaban J connectivity index is 2.24. The fourth-order valence-electron chi connectivity index (χ4n) is 1.42. The molecule has 0 bridgehead atoms. The third kappa shape index (κ3) is 6.62. The van der Waals surface area contributed by atoms with Crippen molar-refractivity contribution >= 4 is 21.6 Å².